The van der Waals surface area contributed by atoms with Crippen LogP contribution in [-0.2, 0) is 0 Å². The van der Waals surface area contributed by atoms with E-state index in [4.69, 9.17) is 5.11 Å². The Morgan fingerprint density at radius 3 is 1.64 bits per heavy atom. The molecule has 0 aromatic rings. The van der Waals surface area contributed by atoms with Crippen LogP contribution in [0.4, 0.5) is 0 Å². The Morgan fingerprint density at radius 1 is 1.36 bits per heavy atom. The predicted octanol–water partition coefficient (Wildman–Crippen LogP) is 1.13. The average Bonchev–Trinajstić information content (AvgIpc) is 1.56. The van der Waals surface area contributed by atoms with Crippen LogP contribution in [-0.4, -0.2) is 35.1 Å². The van der Waals surface area contributed by atoms with E-state index in [1.54, 1.807) is 0 Å². The first-order valence-electron chi connectivity index (χ1n) is 4.11. The molecule has 1 aliphatic rings. The molecule has 1 saturated heterocycles. The maximum absolute atomic E-state index is 9.00. The lowest BCUT2D eigenvalue weighted by molar-refractivity contribution is -0.621. The van der Waals surface area contributed by atoms with Crippen molar-refractivity contribution in [3.63, 3.8) is 0 Å². The van der Waals surface area contributed by atoms with E-state index in [2.05, 4.69) is 27.5 Å². The second-order valence-corrected chi connectivity index (χ2v) is 4.22. The van der Waals surface area contributed by atoms with Gasteiger partial charge in [-0.15, -0.1) is 0 Å². The largest absolute Gasteiger partial charge is 0.378 e. The zero-order chi connectivity index (χ0) is 9.07. The molecule has 0 saturated carbocycles. The van der Waals surface area contributed by atoms with Crippen LogP contribution in [0.3, 0.4) is 0 Å². The zero-order valence-electron chi connectivity index (χ0n) is 8.09. The van der Waals surface area contributed by atoms with Crippen molar-refractivity contribution in [2.24, 2.45) is 5.92 Å². The van der Waals surface area contributed by atoms with Gasteiger partial charge in [0.25, 0.3) is 0 Å². The summed E-state index contributed by atoms with van der Waals surface area (Å²) in [4.78, 5) is 0. The number of rotatable bonds is 0. The van der Waals surface area contributed by atoms with E-state index in [9.17, 15) is 0 Å². The van der Waals surface area contributed by atoms with E-state index < -0.39 is 5.60 Å². The Labute approximate surface area is 69.6 Å². The first-order chi connectivity index (χ1) is 4.83. The van der Waals surface area contributed by atoms with Gasteiger partial charge >= 0.3 is 0 Å². The van der Waals surface area contributed by atoms with Gasteiger partial charge in [0.1, 0.15) is 6.72 Å². The SMILES string of the molecule is C=[N+]1CC(C)(O)C1.CC(C)C. The standard InChI is InChI=1S/C5H10NO.C4H10/c1-5(7)3-6(2)4-5;1-4(2)3/h7H,2-4H2,1H3;4H,1-3H3/q+1;. The Morgan fingerprint density at radius 2 is 1.64 bits per heavy atom. The summed E-state index contributed by atoms with van der Waals surface area (Å²) in [5.74, 6) is 0.833. The lowest BCUT2D eigenvalue weighted by Gasteiger charge is -2.27. The molecular formula is C9H20NO+. The predicted molar refractivity (Wildman–Crippen MR) is 48.3 cm³/mol. The second kappa shape index (κ2) is 3.86. The van der Waals surface area contributed by atoms with Gasteiger partial charge in [0.15, 0.2) is 18.7 Å². The topological polar surface area (TPSA) is 23.2 Å². The van der Waals surface area contributed by atoms with E-state index in [-0.39, 0.29) is 0 Å². The molecule has 0 radical (unpaired) electrons. The van der Waals surface area contributed by atoms with Crippen molar-refractivity contribution >= 4 is 6.72 Å². The molecule has 0 unspecified atom stereocenters. The van der Waals surface area contributed by atoms with Crippen LogP contribution < -0.4 is 0 Å². The van der Waals surface area contributed by atoms with E-state index in [1.165, 1.54) is 0 Å². The van der Waals surface area contributed by atoms with Gasteiger partial charge in [-0.2, -0.15) is 0 Å². The first-order valence-corrected chi connectivity index (χ1v) is 4.11. The monoisotopic (exact) mass is 158 g/mol. The van der Waals surface area contributed by atoms with Crippen LogP contribution in [0.5, 0.6) is 0 Å². The molecule has 2 nitrogen and oxygen atoms in total. The summed E-state index contributed by atoms with van der Waals surface area (Å²) >= 11 is 0. The fraction of sp³-hybridized carbons (Fsp3) is 0.889. The summed E-state index contributed by atoms with van der Waals surface area (Å²) in [6.45, 7) is 13.4. The quantitative estimate of drug-likeness (QED) is 0.525. The van der Waals surface area contributed by atoms with E-state index in [1.807, 2.05) is 11.5 Å². The molecule has 66 valence electrons. The molecule has 0 spiro atoms. The molecule has 2 heteroatoms. The smallest absolute Gasteiger partial charge is 0.178 e. The van der Waals surface area contributed by atoms with Gasteiger partial charge in [-0.3, -0.25) is 0 Å². The zero-order valence-corrected chi connectivity index (χ0v) is 8.09. The van der Waals surface area contributed by atoms with Crippen LogP contribution in [0, 0.1) is 5.92 Å². The van der Waals surface area contributed by atoms with Gasteiger partial charge in [-0.1, -0.05) is 20.8 Å². The lowest BCUT2D eigenvalue weighted by atomic mass is 10.00. The van der Waals surface area contributed by atoms with Gasteiger partial charge in [0, 0.05) is 0 Å². The highest BCUT2D eigenvalue weighted by Gasteiger charge is 2.40. The Bertz CT molecular complexity index is 126. The van der Waals surface area contributed by atoms with Crippen LogP contribution in [0.25, 0.3) is 0 Å². The number of β-amino-alcohol motifs (C(OH)–C–C–N with tert-alkyl or cyclic N) is 1. The van der Waals surface area contributed by atoms with Crippen molar-refractivity contribution in [2.45, 2.75) is 33.3 Å². The Balaban J connectivity index is 0.000000218. The molecule has 0 atom stereocenters. The lowest BCUT2D eigenvalue weighted by Crippen LogP contribution is -2.54. The molecule has 1 rings (SSSR count). The second-order valence-electron chi connectivity index (χ2n) is 4.22. The summed E-state index contributed by atoms with van der Waals surface area (Å²) < 4.78 is 1.83. The molecule has 0 aliphatic carbocycles. The third kappa shape index (κ3) is 6.05. The summed E-state index contributed by atoms with van der Waals surface area (Å²) in [5, 5.41) is 9.00. The average molecular weight is 158 g/mol. The van der Waals surface area contributed by atoms with Crippen molar-refractivity contribution in [3.8, 4) is 0 Å². The summed E-state index contributed by atoms with van der Waals surface area (Å²) in [7, 11) is 0. The van der Waals surface area contributed by atoms with Crippen molar-refractivity contribution in [2.75, 3.05) is 13.1 Å². The highest BCUT2D eigenvalue weighted by molar-refractivity contribution is 5.16. The molecule has 1 heterocycles. The molecule has 0 bridgehead atoms. The molecule has 1 N–H and O–H groups in total. The Kier molecular flexibility index (Phi) is 3.73. The van der Waals surface area contributed by atoms with Gasteiger partial charge < -0.3 is 5.11 Å². The third-order valence-electron chi connectivity index (χ3n) is 1.13. The Hall–Kier alpha value is -0.370. The molecule has 11 heavy (non-hydrogen) atoms. The van der Waals surface area contributed by atoms with Crippen molar-refractivity contribution in [3.05, 3.63) is 0 Å². The summed E-state index contributed by atoms with van der Waals surface area (Å²) in [6, 6.07) is 0. The van der Waals surface area contributed by atoms with Crippen molar-refractivity contribution < 1.29 is 9.68 Å². The van der Waals surface area contributed by atoms with Gasteiger partial charge in [-0.25, -0.2) is 4.58 Å². The van der Waals surface area contributed by atoms with Crippen LogP contribution in [0.2, 0.25) is 0 Å². The summed E-state index contributed by atoms with van der Waals surface area (Å²) in [5.41, 5.74) is -0.443. The number of nitrogens with zero attached hydrogens (tertiary/aromatic N) is 1. The number of aliphatic hydroxyl groups is 1. The fourth-order valence-electron chi connectivity index (χ4n) is 0.917. The van der Waals surface area contributed by atoms with E-state index >= 15 is 0 Å². The molecule has 1 aliphatic heterocycles. The number of hydrogen-bond acceptors (Lipinski definition) is 1. The highest BCUT2D eigenvalue weighted by atomic mass is 16.3. The third-order valence-corrected chi connectivity index (χ3v) is 1.13. The molecule has 1 fully saturated rings. The fourth-order valence-corrected chi connectivity index (χ4v) is 0.917. The van der Waals surface area contributed by atoms with Crippen molar-refractivity contribution in [1.29, 1.82) is 0 Å². The first kappa shape index (κ1) is 10.6. The maximum Gasteiger partial charge on any atom is 0.178 e. The van der Waals surface area contributed by atoms with Crippen LogP contribution in [0.1, 0.15) is 27.7 Å². The molecular weight excluding hydrogens is 138 g/mol. The van der Waals surface area contributed by atoms with Gasteiger partial charge in [0.2, 0.25) is 0 Å². The minimum absolute atomic E-state index is 0.443. The van der Waals surface area contributed by atoms with Crippen LogP contribution >= 0.6 is 0 Å². The van der Waals surface area contributed by atoms with E-state index in [0.717, 1.165) is 5.92 Å². The van der Waals surface area contributed by atoms with Gasteiger partial charge in [-0.05, 0) is 12.8 Å². The molecule has 0 aromatic heterocycles. The maximum atomic E-state index is 9.00. The minimum Gasteiger partial charge on any atom is -0.378 e. The number of hydrogen-bond donors (Lipinski definition) is 1. The minimum atomic E-state index is -0.443. The van der Waals surface area contributed by atoms with Gasteiger partial charge in [0.05, 0.1) is 0 Å². The highest BCUT2D eigenvalue weighted by Crippen LogP contribution is 2.12. The molecule has 0 aromatic carbocycles. The normalized spacial score (nSPS) is 20.4. The van der Waals surface area contributed by atoms with E-state index in [0.29, 0.717) is 13.1 Å². The summed E-state index contributed by atoms with van der Waals surface area (Å²) in [6.07, 6.45) is 0. The molecule has 0 amide bonds. The van der Waals surface area contributed by atoms with Crippen LogP contribution in [0.15, 0.2) is 0 Å². The van der Waals surface area contributed by atoms with Crippen molar-refractivity contribution in [1.82, 2.24) is 0 Å².